The Hall–Kier alpha value is -1.48. The maximum atomic E-state index is 10.8. The van der Waals surface area contributed by atoms with Gasteiger partial charge in [0.1, 0.15) is 5.75 Å². The summed E-state index contributed by atoms with van der Waals surface area (Å²) in [4.78, 5) is 10.8. The van der Waals surface area contributed by atoms with E-state index in [-0.39, 0.29) is 0 Å². The van der Waals surface area contributed by atoms with Gasteiger partial charge < -0.3 is 9.30 Å². The van der Waals surface area contributed by atoms with Crippen LogP contribution in [0.1, 0.15) is 10.5 Å². The van der Waals surface area contributed by atoms with Crippen LogP contribution in [0.5, 0.6) is 5.75 Å². The Labute approximate surface area is 92.2 Å². The number of carbonyl (C=O) groups is 1. The second kappa shape index (κ2) is 3.59. The minimum Gasteiger partial charge on any atom is -0.494 e. The highest BCUT2D eigenvalue weighted by Gasteiger charge is 2.11. The Balaban J connectivity index is 2.87. The molecule has 1 heterocycles. The second-order valence-electron chi connectivity index (χ2n) is 3.26. The number of benzene rings is 1. The van der Waals surface area contributed by atoms with Gasteiger partial charge in [0.05, 0.1) is 23.3 Å². The van der Waals surface area contributed by atoms with E-state index >= 15 is 0 Å². The zero-order chi connectivity index (χ0) is 11.0. The van der Waals surface area contributed by atoms with Crippen LogP contribution in [-0.2, 0) is 7.05 Å². The molecule has 2 aromatic rings. The number of aldehydes is 1. The van der Waals surface area contributed by atoms with Gasteiger partial charge in [0, 0.05) is 12.4 Å². The van der Waals surface area contributed by atoms with Crippen molar-refractivity contribution in [3.8, 4) is 5.75 Å². The number of aryl methyl sites for hydroxylation is 1. The van der Waals surface area contributed by atoms with Crippen molar-refractivity contribution in [1.82, 2.24) is 4.57 Å². The summed E-state index contributed by atoms with van der Waals surface area (Å²) in [6.45, 7) is 0. The second-order valence-corrected chi connectivity index (χ2v) is 3.67. The molecule has 0 spiro atoms. The molecule has 2 rings (SSSR count). The van der Waals surface area contributed by atoms with E-state index in [4.69, 9.17) is 16.3 Å². The molecule has 0 radical (unpaired) electrons. The lowest BCUT2D eigenvalue weighted by atomic mass is 10.2. The van der Waals surface area contributed by atoms with Crippen molar-refractivity contribution < 1.29 is 9.53 Å². The number of carbonyl (C=O) groups excluding carboxylic acids is 1. The van der Waals surface area contributed by atoms with Crippen LogP contribution in [-0.4, -0.2) is 18.0 Å². The minimum atomic E-state index is 0.549. The van der Waals surface area contributed by atoms with E-state index in [1.165, 1.54) is 0 Å². The number of hydrogen-bond donors (Lipinski definition) is 0. The zero-order valence-corrected chi connectivity index (χ0v) is 9.21. The van der Waals surface area contributed by atoms with Gasteiger partial charge in [0.25, 0.3) is 0 Å². The average molecular weight is 224 g/mol. The molecule has 0 fully saturated rings. The minimum absolute atomic E-state index is 0.549. The number of aromatic nitrogens is 1. The molecule has 3 nitrogen and oxygen atoms in total. The van der Waals surface area contributed by atoms with Crippen LogP contribution >= 0.6 is 11.6 Å². The highest BCUT2D eigenvalue weighted by atomic mass is 35.5. The first-order valence-electron chi connectivity index (χ1n) is 4.46. The van der Waals surface area contributed by atoms with Crippen molar-refractivity contribution >= 4 is 28.8 Å². The molecule has 0 N–H and O–H groups in total. The lowest BCUT2D eigenvalue weighted by molar-refractivity contribution is 0.111. The Morgan fingerprint density at radius 2 is 2.20 bits per heavy atom. The van der Waals surface area contributed by atoms with Gasteiger partial charge >= 0.3 is 0 Å². The first-order chi connectivity index (χ1) is 7.19. The van der Waals surface area contributed by atoms with Crippen LogP contribution in [0, 0.1) is 0 Å². The molecule has 4 heteroatoms. The van der Waals surface area contributed by atoms with Crippen LogP contribution in [0.25, 0.3) is 10.9 Å². The van der Waals surface area contributed by atoms with Gasteiger partial charge in [-0.05, 0) is 18.2 Å². The quantitative estimate of drug-likeness (QED) is 0.733. The first-order valence-corrected chi connectivity index (χ1v) is 4.84. The van der Waals surface area contributed by atoms with Crippen molar-refractivity contribution in [3.05, 3.63) is 28.9 Å². The molecular weight excluding hydrogens is 214 g/mol. The van der Waals surface area contributed by atoms with E-state index in [9.17, 15) is 4.79 Å². The largest absolute Gasteiger partial charge is 0.494 e. The fourth-order valence-electron chi connectivity index (χ4n) is 1.70. The topological polar surface area (TPSA) is 31.2 Å². The number of nitrogens with zero attached hydrogens (tertiary/aromatic N) is 1. The Morgan fingerprint density at radius 1 is 1.47 bits per heavy atom. The fraction of sp³-hybridized carbons (Fsp3) is 0.182. The highest BCUT2D eigenvalue weighted by Crippen LogP contribution is 2.34. The summed E-state index contributed by atoms with van der Waals surface area (Å²) < 4.78 is 7.02. The van der Waals surface area contributed by atoms with Gasteiger partial charge in [-0.15, -0.1) is 0 Å². The molecule has 0 bridgehead atoms. The third kappa shape index (κ3) is 1.39. The molecular formula is C11H10ClNO2. The Kier molecular flexibility index (Phi) is 2.40. The normalized spacial score (nSPS) is 10.6. The number of halogens is 1. The molecule has 1 aromatic carbocycles. The molecule has 0 aliphatic heterocycles. The molecule has 0 aliphatic rings. The van der Waals surface area contributed by atoms with E-state index in [2.05, 4.69) is 0 Å². The molecule has 0 atom stereocenters. The third-order valence-electron chi connectivity index (χ3n) is 2.49. The predicted octanol–water partition coefficient (Wildman–Crippen LogP) is 2.65. The van der Waals surface area contributed by atoms with Crippen molar-refractivity contribution in [2.24, 2.45) is 7.05 Å². The van der Waals surface area contributed by atoms with Crippen molar-refractivity contribution in [3.63, 3.8) is 0 Å². The SMILES string of the molecule is COc1c(Cl)ccc2c1cc(C=O)n2C. The average Bonchev–Trinajstić information content (AvgIpc) is 2.55. The van der Waals surface area contributed by atoms with Gasteiger partial charge in [-0.1, -0.05) is 11.6 Å². The van der Waals surface area contributed by atoms with E-state index in [0.717, 1.165) is 17.2 Å². The van der Waals surface area contributed by atoms with Gasteiger partial charge in [-0.25, -0.2) is 0 Å². The van der Waals surface area contributed by atoms with Crippen LogP contribution in [0.4, 0.5) is 0 Å². The molecule has 0 unspecified atom stereocenters. The highest BCUT2D eigenvalue weighted by molar-refractivity contribution is 6.33. The molecule has 15 heavy (non-hydrogen) atoms. The van der Waals surface area contributed by atoms with Gasteiger partial charge in [0.2, 0.25) is 0 Å². The molecule has 1 aromatic heterocycles. The fourth-order valence-corrected chi connectivity index (χ4v) is 1.94. The summed E-state index contributed by atoms with van der Waals surface area (Å²) in [5.74, 6) is 0.609. The van der Waals surface area contributed by atoms with Crippen LogP contribution in [0.15, 0.2) is 18.2 Å². The van der Waals surface area contributed by atoms with E-state index in [0.29, 0.717) is 16.5 Å². The molecule has 0 amide bonds. The number of hydrogen-bond acceptors (Lipinski definition) is 2. The standard InChI is InChI=1S/C11H10ClNO2/c1-13-7(6-14)5-8-10(13)4-3-9(12)11(8)15-2/h3-6H,1-2H3. The Morgan fingerprint density at radius 3 is 2.80 bits per heavy atom. The molecule has 0 aliphatic carbocycles. The van der Waals surface area contributed by atoms with Gasteiger partial charge in [-0.2, -0.15) is 0 Å². The lowest BCUT2D eigenvalue weighted by Crippen LogP contribution is -1.93. The summed E-state index contributed by atoms with van der Waals surface area (Å²) in [6.07, 6.45) is 0.813. The van der Waals surface area contributed by atoms with Crippen molar-refractivity contribution in [2.75, 3.05) is 7.11 Å². The smallest absolute Gasteiger partial charge is 0.166 e. The van der Waals surface area contributed by atoms with E-state index in [1.807, 2.05) is 13.1 Å². The van der Waals surface area contributed by atoms with Gasteiger partial charge in [0.15, 0.2) is 6.29 Å². The molecule has 0 saturated carbocycles. The summed E-state index contributed by atoms with van der Waals surface area (Å²) in [5.41, 5.74) is 1.53. The summed E-state index contributed by atoms with van der Waals surface area (Å²) in [7, 11) is 3.40. The predicted molar refractivity (Wildman–Crippen MR) is 59.9 cm³/mol. The van der Waals surface area contributed by atoms with E-state index in [1.54, 1.807) is 23.8 Å². The number of fused-ring (bicyclic) bond motifs is 1. The zero-order valence-electron chi connectivity index (χ0n) is 8.45. The number of methoxy groups -OCH3 is 1. The van der Waals surface area contributed by atoms with Crippen LogP contribution in [0.3, 0.4) is 0 Å². The van der Waals surface area contributed by atoms with E-state index < -0.39 is 0 Å². The summed E-state index contributed by atoms with van der Waals surface area (Å²) in [6, 6.07) is 5.40. The number of ether oxygens (including phenoxy) is 1. The number of rotatable bonds is 2. The molecule has 0 saturated heterocycles. The first kappa shape index (κ1) is 10.1. The summed E-state index contributed by atoms with van der Waals surface area (Å²) in [5, 5.41) is 1.41. The maximum absolute atomic E-state index is 10.8. The van der Waals surface area contributed by atoms with Crippen molar-refractivity contribution in [1.29, 1.82) is 0 Å². The lowest BCUT2D eigenvalue weighted by Gasteiger charge is -2.04. The van der Waals surface area contributed by atoms with Gasteiger partial charge in [-0.3, -0.25) is 4.79 Å². The Bertz CT molecular complexity index is 531. The molecule has 78 valence electrons. The third-order valence-corrected chi connectivity index (χ3v) is 2.79. The van der Waals surface area contributed by atoms with Crippen molar-refractivity contribution in [2.45, 2.75) is 0 Å². The van der Waals surface area contributed by atoms with Crippen LogP contribution < -0.4 is 4.74 Å². The monoisotopic (exact) mass is 223 g/mol. The summed E-state index contributed by atoms with van der Waals surface area (Å²) >= 11 is 5.99. The van der Waals surface area contributed by atoms with Crippen LogP contribution in [0.2, 0.25) is 5.02 Å². The maximum Gasteiger partial charge on any atom is 0.166 e.